The van der Waals surface area contributed by atoms with E-state index in [0.717, 1.165) is 57.5 Å². The Morgan fingerprint density at radius 2 is 1.72 bits per heavy atom. The average molecular weight is 397 g/mol. The summed E-state index contributed by atoms with van der Waals surface area (Å²) in [6.45, 7) is 9.38. The number of ether oxygens (including phenoxy) is 2. The molecule has 0 saturated carbocycles. The molecule has 1 heterocycles. The normalized spacial score (nSPS) is 15.7. The van der Waals surface area contributed by atoms with E-state index in [1.807, 2.05) is 6.07 Å². The van der Waals surface area contributed by atoms with E-state index in [1.165, 1.54) is 29.5 Å². The van der Waals surface area contributed by atoms with Gasteiger partial charge in [0, 0.05) is 38.9 Å². The maximum atomic E-state index is 5.52. The van der Waals surface area contributed by atoms with Crippen LogP contribution in [-0.2, 0) is 17.8 Å². The smallest absolute Gasteiger partial charge is 0.123 e. The van der Waals surface area contributed by atoms with Gasteiger partial charge in [-0.05, 0) is 50.4 Å². The third kappa shape index (κ3) is 6.84. The zero-order valence-electron chi connectivity index (χ0n) is 18.3. The molecule has 0 aliphatic carbocycles. The van der Waals surface area contributed by atoms with Gasteiger partial charge in [0.15, 0.2) is 0 Å². The van der Waals surface area contributed by atoms with Gasteiger partial charge in [-0.3, -0.25) is 9.80 Å². The molecule has 0 radical (unpaired) electrons. The fourth-order valence-electron chi connectivity index (χ4n) is 4.17. The number of hydrogen-bond acceptors (Lipinski definition) is 4. The molecule has 0 bridgehead atoms. The molecule has 158 valence electrons. The first-order chi connectivity index (χ1) is 14.2. The van der Waals surface area contributed by atoms with Crippen LogP contribution in [0.3, 0.4) is 0 Å². The van der Waals surface area contributed by atoms with Crippen LogP contribution >= 0.6 is 0 Å². The molecule has 0 atom stereocenters. The van der Waals surface area contributed by atoms with Gasteiger partial charge in [-0.25, -0.2) is 0 Å². The monoisotopic (exact) mass is 396 g/mol. The van der Waals surface area contributed by atoms with Gasteiger partial charge in [-0.1, -0.05) is 48.0 Å². The Hall–Kier alpha value is -1.88. The lowest BCUT2D eigenvalue weighted by Gasteiger charge is -2.35. The third-order valence-electron chi connectivity index (χ3n) is 5.95. The summed E-state index contributed by atoms with van der Waals surface area (Å²) in [5.74, 6) is 1.75. The van der Waals surface area contributed by atoms with E-state index in [2.05, 4.69) is 59.2 Å². The highest BCUT2D eigenvalue weighted by atomic mass is 16.5. The Labute approximate surface area is 176 Å². The van der Waals surface area contributed by atoms with Gasteiger partial charge in [0.1, 0.15) is 5.75 Å². The quantitative estimate of drug-likeness (QED) is 0.596. The Balaban J connectivity index is 1.50. The number of para-hydroxylation sites is 1. The van der Waals surface area contributed by atoms with E-state index in [-0.39, 0.29) is 0 Å². The average Bonchev–Trinajstić information content (AvgIpc) is 2.75. The first-order valence-corrected chi connectivity index (χ1v) is 10.8. The SMILES string of the molecule is COCCN(Cc1ccc(C)cc1)CC1CCN(Cc2ccccc2OC)CC1. The molecule has 0 unspecified atom stereocenters. The second-order valence-corrected chi connectivity index (χ2v) is 8.24. The number of nitrogens with zero attached hydrogens (tertiary/aromatic N) is 2. The van der Waals surface area contributed by atoms with Crippen LogP contribution in [0.1, 0.15) is 29.5 Å². The molecule has 1 aliphatic rings. The highest BCUT2D eigenvalue weighted by Gasteiger charge is 2.22. The molecule has 0 spiro atoms. The van der Waals surface area contributed by atoms with Crippen molar-refractivity contribution in [1.29, 1.82) is 0 Å². The summed E-state index contributed by atoms with van der Waals surface area (Å²) in [7, 11) is 3.55. The Morgan fingerprint density at radius 3 is 2.41 bits per heavy atom. The standard InChI is InChI=1S/C25H36N2O2/c1-21-8-10-22(11-9-21)18-27(16-17-28-2)19-23-12-14-26(15-13-23)20-24-6-4-5-7-25(24)29-3/h4-11,23H,12-20H2,1-3H3. The van der Waals surface area contributed by atoms with Crippen LogP contribution < -0.4 is 4.74 Å². The maximum Gasteiger partial charge on any atom is 0.123 e. The lowest BCUT2D eigenvalue weighted by Crippen LogP contribution is -2.39. The summed E-state index contributed by atoms with van der Waals surface area (Å²) >= 11 is 0. The molecule has 1 aliphatic heterocycles. The van der Waals surface area contributed by atoms with Crippen LogP contribution in [-0.4, -0.2) is 56.8 Å². The van der Waals surface area contributed by atoms with E-state index in [4.69, 9.17) is 9.47 Å². The van der Waals surface area contributed by atoms with Crippen molar-refractivity contribution in [3.05, 3.63) is 65.2 Å². The van der Waals surface area contributed by atoms with E-state index in [9.17, 15) is 0 Å². The predicted molar refractivity (Wildman–Crippen MR) is 119 cm³/mol. The third-order valence-corrected chi connectivity index (χ3v) is 5.95. The highest BCUT2D eigenvalue weighted by Crippen LogP contribution is 2.24. The topological polar surface area (TPSA) is 24.9 Å². The van der Waals surface area contributed by atoms with Crippen molar-refractivity contribution in [1.82, 2.24) is 9.80 Å². The van der Waals surface area contributed by atoms with Crippen LogP contribution in [0.2, 0.25) is 0 Å². The van der Waals surface area contributed by atoms with Gasteiger partial charge < -0.3 is 9.47 Å². The van der Waals surface area contributed by atoms with Crippen molar-refractivity contribution < 1.29 is 9.47 Å². The molecule has 0 aromatic heterocycles. The predicted octanol–water partition coefficient (Wildman–Crippen LogP) is 4.36. The van der Waals surface area contributed by atoms with Crippen molar-refractivity contribution in [2.45, 2.75) is 32.9 Å². The highest BCUT2D eigenvalue weighted by molar-refractivity contribution is 5.33. The summed E-state index contributed by atoms with van der Waals surface area (Å²) in [5, 5.41) is 0. The van der Waals surface area contributed by atoms with E-state index < -0.39 is 0 Å². The second kappa shape index (κ2) is 11.3. The van der Waals surface area contributed by atoms with Crippen LogP contribution in [0, 0.1) is 12.8 Å². The molecule has 0 amide bonds. The summed E-state index contributed by atoms with van der Waals surface area (Å²) in [6.07, 6.45) is 2.51. The van der Waals surface area contributed by atoms with Crippen LogP contribution in [0.4, 0.5) is 0 Å². The second-order valence-electron chi connectivity index (χ2n) is 8.24. The van der Waals surface area contributed by atoms with Gasteiger partial charge >= 0.3 is 0 Å². The minimum absolute atomic E-state index is 0.756. The number of piperidine rings is 1. The summed E-state index contributed by atoms with van der Waals surface area (Å²) in [6, 6.07) is 17.3. The first-order valence-electron chi connectivity index (χ1n) is 10.8. The largest absolute Gasteiger partial charge is 0.496 e. The fourth-order valence-corrected chi connectivity index (χ4v) is 4.17. The minimum Gasteiger partial charge on any atom is -0.496 e. The summed E-state index contributed by atoms with van der Waals surface area (Å²) in [5.41, 5.74) is 3.99. The van der Waals surface area contributed by atoms with Gasteiger partial charge in [0.2, 0.25) is 0 Å². The fraction of sp³-hybridized carbons (Fsp3) is 0.520. The number of aryl methyl sites for hydroxylation is 1. The van der Waals surface area contributed by atoms with Crippen LogP contribution in [0.25, 0.3) is 0 Å². The van der Waals surface area contributed by atoms with E-state index in [1.54, 1.807) is 14.2 Å². The number of likely N-dealkylation sites (tertiary alicyclic amines) is 1. The number of methoxy groups -OCH3 is 2. The number of benzene rings is 2. The van der Waals surface area contributed by atoms with Gasteiger partial charge in [-0.2, -0.15) is 0 Å². The van der Waals surface area contributed by atoms with Crippen LogP contribution in [0.5, 0.6) is 5.75 Å². The van der Waals surface area contributed by atoms with Crippen molar-refractivity contribution in [2.24, 2.45) is 5.92 Å². The zero-order valence-corrected chi connectivity index (χ0v) is 18.3. The van der Waals surface area contributed by atoms with Gasteiger partial charge in [0.25, 0.3) is 0 Å². The molecule has 2 aromatic carbocycles. The van der Waals surface area contributed by atoms with Crippen molar-refractivity contribution in [3.63, 3.8) is 0 Å². The molecular formula is C25H36N2O2. The van der Waals surface area contributed by atoms with Crippen LogP contribution in [0.15, 0.2) is 48.5 Å². The summed E-state index contributed by atoms with van der Waals surface area (Å²) < 4.78 is 10.9. The first kappa shape index (κ1) is 21.8. The summed E-state index contributed by atoms with van der Waals surface area (Å²) in [4.78, 5) is 5.13. The maximum absolute atomic E-state index is 5.52. The molecule has 0 N–H and O–H groups in total. The van der Waals surface area contributed by atoms with E-state index in [0.29, 0.717) is 0 Å². The molecule has 29 heavy (non-hydrogen) atoms. The molecule has 4 nitrogen and oxygen atoms in total. The Kier molecular flexibility index (Phi) is 8.53. The van der Waals surface area contributed by atoms with E-state index >= 15 is 0 Å². The number of rotatable bonds is 10. The molecule has 3 rings (SSSR count). The molecule has 2 aromatic rings. The van der Waals surface area contributed by atoms with Crippen molar-refractivity contribution in [3.8, 4) is 5.75 Å². The lowest BCUT2D eigenvalue weighted by atomic mass is 9.95. The van der Waals surface area contributed by atoms with Gasteiger partial charge in [0.05, 0.1) is 13.7 Å². The Bertz CT molecular complexity index is 724. The van der Waals surface area contributed by atoms with Crippen molar-refractivity contribution in [2.75, 3.05) is 47.0 Å². The zero-order chi connectivity index (χ0) is 20.5. The molecular weight excluding hydrogens is 360 g/mol. The van der Waals surface area contributed by atoms with Crippen molar-refractivity contribution >= 4 is 0 Å². The Morgan fingerprint density at radius 1 is 1.00 bits per heavy atom. The minimum atomic E-state index is 0.756. The molecule has 4 heteroatoms. The molecule has 1 fully saturated rings. The molecule has 1 saturated heterocycles. The number of hydrogen-bond donors (Lipinski definition) is 0. The lowest BCUT2D eigenvalue weighted by molar-refractivity contribution is 0.106. The van der Waals surface area contributed by atoms with Gasteiger partial charge in [-0.15, -0.1) is 0 Å².